The Bertz CT molecular complexity index is 772. The lowest BCUT2D eigenvalue weighted by molar-refractivity contribution is 0.0631. The molecule has 1 amide bonds. The number of para-hydroxylation sites is 1. The van der Waals surface area contributed by atoms with Gasteiger partial charge >= 0.3 is 0 Å². The third kappa shape index (κ3) is 3.92. The number of hydrogen-bond donors (Lipinski definition) is 1. The lowest BCUT2D eigenvalue weighted by atomic mass is 10.0. The van der Waals surface area contributed by atoms with E-state index < -0.39 is 5.82 Å². The fourth-order valence-electron chi connectivity index (χ4n) is 3.13. The van der Waals surface area contributed by atoms with Gasteiger partial charge in [0, 0.05) is 30.8 Å². The van der Waals surface area contributed by atoms with Crippen LogP contribution in [0.3, 0.4) is 0 Å². The van der Waals surface area contributed by atoms with E-state index in [-0.39, 0.29) is 30.1 Å². The maximum absolute atomic E-state index is 14.0. The van der Waals surface area contributed by atoms with Crippen LogP contribution in [0.15, 0.2) is 42.5 Å². The van der Waals surface area contributed by atoms with Gasteiger partial charge in [-0.05, 0) is 24.3 Å². The maximum atomic E-state index is 14.0. The zero-order valence-electron chi connectivity index (χ0n) is 14.7. The van der Waals surface area contributed by atoms with E-state index in [1.54, 1.807) is 18.1 Å². The molecule has 0 saturated carbocycles. The number of halogens is 2. The molecule has 1 aliphatic heterocycles. The van der Waals surface area contributed by atoms with Crippen LogP contribution in [-0.4, -0.2) is 44.7 Å². The van der Waals surface area contributed by atoms with Crippen LogP contribution < -0.4 is 14.8 Å². The molecule has 7 heteroatoms. The molecule has 2 aromatic rings. The van der Waals surface area contributed by atoms with E-state index in [4.69, 9.17) is 9.47 Å². The summed E-state index contributed by atoms with van der Waals surface area (Å²) >= 11 is 0. The van der Waals surface area contributed by atoms with Crippen LogP contribution in [0.2, 0.25) is 0 Å². The highest BCUT2D eigenvalue weighted by Gasteiger charge is 2.30. The summed E-state index contributed by atoms with van der Waals surface area (Å²) in [5.74, 6) is 0.101. The molecule has 3 rings (SSSR count). The van der Waals surface area contributed by atoms with Gasteiger partial charge in [0.25, 0.3) is 5.91 Å². The van der Waals surface area contributed by atoms with Gasteiger partial charge in [0.2, 0.25) is 0 Å². The fourth-order valence-corrected chi connectivity index (χ4v) is 3.13. The standard InChI is InChI=1S/C19H21FN2O3.ClH/c1-24-17-6-4-3-5-14(17)16-12-21-9-10-22(16)19(23)13-7-8-18(25-2)15(20)11-13;/h3-8,11,16,21H,9-10,12H2,1-2H3;1H. The van der Waals surface area contributed by atoms with Crippen LogP contribution in [-0.2, 0) is 0 Å². The van der Waals surface area contributed by atoms with Crippen LogP contribution >= 0.6 is 12.4 Å². The number of benzene rings is 2. The highest BCUT2D eigenvalue weighted by Crippen LogP contribution is 2.31. The Labute approximate surface area is 158 Å². The third-order valence-corrected chi connectivity index (χ3v) is 4.40. The molecule has 1 atom stereocenters. The van der Waals surface area contributed by atoms with E-state index in [1.165, 1.54) is 19.2 Å². The number of ether oxygens (including phenoxy) is 2. The summed E-state index contributed by atoms with van der Waals surface area (Å²) in [6.45, 7) is 1.84. The summed E-state index contributed by atoms with van der Waals surface area (Å²) in [6.07, 6.45) is 0. The number of amides is 1. The molecule has 26 heavy (non-hydrogen) atoms. The van der Waals surface area contributed by atoms with Crippen molar-refractivity contribution in [3.63, 3.8) is 0 Å². The Morgan fingerprint density at radius 2 is 1.88 bits per heavy atom. The van der Waals surface area contributed by atoms with Crippen molar-refractivity contribution in [3.8, 4) is 11.5 Å². The number of piperazine rings is 1. The van der Waals surface area contributed by atoms with Gasteiger partial charge in [0.1, 0.15) is 5.75 Å². The quantitative estimate of drug-likeness (QED) is 0.885. The van der Waals surface area contributed by atoms with Gasteiger partial charge in [0.15, 0.2) is 11.6 Å². The topological polar surface area (TPSA) is 50.8 Å². The summed E-state index contributed by atoms with van der Waals surface area (Å²) in [4.78, 5) is 14.7. The van der Waals surface area contributed by atoms with Crippen molar-refractivity contribution < 1.29 is 18.7 Å². The van der Waals surface area contributed by atoms with E-state index in [0.29, 0.717) is 25.2 Å². The number of carbonyl (C=O) groups excluding carboxylic acids is 1. The molecule has 0 radical (unpaired) electrons. The zero-order valence-corrected chi connectivity index (χ0v) is 15.5. The minimum absolute atomic E-state index is 0. The maximum Gasteiger partial charge on any atom is 0.254 e. The second-order valence-corrected chi connectivity index (χ2v) is 5.81. The Balaban J connectivity index is 0.00000243. The third-order valence-electron chi connectivity index (χ3n) is 4.40. The Morgan fingerprint density at radius 1 is 1.15 bits per heavy atom. The Morgan fingerprint density at radius 3 is 2.58 bits per heavy atom. The smallest absolute Gasteiger partial charge is 0.254 e. The molecular formula is C19H22ClFN2O3. The first-order valence-electron chi connectivity index (χ1n) is 8.14. The molecule has 0 bridgehead atoms. The summed E-state index contributed by atoms with van der Waals surface area (Å²) in [5.41, 5.74) is 1.24. The average Bonchev–Trinajstić information content (AvgIpc) is 2.67. The van der Waals surface area contributed by atoms with E-state index in [0.717, 1.165) is 11.3 Å². The van der Waals surface area contributed by atoms with Crippen molar-refractivity contribution in [1.82, 2.24) is 10.2 Å². The molecule has 0 spiro atoms. The van der Waals surface area contributed by atoms with Gasteiger partial charge in [-0.25, -0.2) is 4.39 Å². The highest BCUT2D eigenvalue weighted by atomic mass is 35.5. The second-order valence-electron chi connectivity index (χ2n) is 5.81. The van der Waals surface area contributed by atoms with Crippen LogP contribution in [0.25, 0.3) is 0 Å². The summed E-state index contributed by atoms with van der Waals surface area (Å²) in [5, 5.41) is 3.31. The minimum atomic E-state index is -0.544. The number of nitrogens with one attached hydrogen (secondary N) is 1. The SMILES string of the molecule is COc1ccc(C(=O)N2CCNCC2c2ccccc2OC)cc1F.Cl. The predicted octanol–water partition coefficient (Wildman–Crippen LogP) is 3.05. The molecule has 1 fully saturated rings. The first-order valence-corrected chi connectivity index (χ1v) is 8.14. The van der Waals surface area contributed by atoms with Gasteiger partial charge in [-0.2, -0.15) is 0 Å². The normalized spacial score (nSPS) is 16.6. The van der Waals surface area contributed by atoms with Crippen LogP contribution in [0.5, 0.6) is 11.5 Å². The van der Waals surface area contributed by atoms with Crippen LogP contribution in [0.4, 0.5) is 4.39 Å². The Kier molecular flexibility index (Phi) is 6.83. The molecule has 2 aromatic carbocycles. The van der Waals surface area contributed by atoms with Crippen molar-refractivity contribution in [2.45, 2.75) is 6.04 Å². The van der Waals surface area contributed by atoms with E-state index in [9.17, 15) is 9.18 Å². The predicted molar refractivity (Wildman–Crippen MR) is 99.8 cm³/mol. The van der Waals surface area contributed by atoms with E-state index in [2.05, 4.69) is 5.32 Å². The van der Waals surface area contributed by atoms with E-state index >= 15 is 0 Å². The number of nitrogens with zero attached hydrogens (tertiary/aromatic N) is 1. The molecule has 5 nitrogen and oxygen atoms in total. The fraction of sp³-hybridized carbons (Fsp3) is 0.316. The first kappa shape index (κ1) is 20.0. The minimum Gasteiger partial charge on any atom is -0.496 e. The largest absolute Gasteiger partial charge is 0.496 e. The van der Waals surface area contributed by atoms with Gasteiger partial charge < -0.3 is 19.7 Å². The summed E-state index contributed by atoms with van der Waals surface area (Å²) in [7, 11) is 3.01. The van der Waals surface area contributed by atoms with Crippen molar-refractivity contribution in [1.29, 1.82) is 0 Å². The van der Waals surface area contributed by atoms with E-state index in [1.807, 2.05) is 24.3 Å². The molecule has 1 saturated heterocycles. The second kappa shape index (κ2) is 8.87. The molecule has 0 aliphatic carbocycles. The monoisotopic (exact) mass is 380 g/mol. The first-order chi connectivity index (χ1) is 12.2. The molecule has 0 aromatic heterocycles. The van der Waals surface area contributed by atoms with Crippen LogP contribution in [0, 0.1) is 5.82 Å². The lowest BCUT2D eigenvalue weighted by Crippen LogP contribution is -2.48. The molecule has 1 aliphatic rings. The zero-order chi connectivity index (χ0) is 17.8. The van der Waals surface area contributed by atoms with Crippen molar-refractivity contribution >= 4 is 18.3 Å². The number of carbonyl (C=O) groups is 1. The van der Waals surface area contributed by atoms with Crippen molar-refractivity contribution in [2.75, 3.05) is 33.9 Å². The number of rotatable bonds is 4. The van der Waals surface area contributed by atoms with Gasteiger partial charge in [0.05, 0.1) is 20.3 Å². The van der Waals surface area contributed by atoms with Gasteiger partial charge in [-0.1, -0.05) is 18.2 Å². The highest BCUT2D eigenvalue weighted by molar-refractivity contribution is 5.94. The molecule has 1 N–H and O–H groups in total. The van der Waals surface area contributed by atoms with Crippen molar-refractivity contribution in [2.24, 2.45) is 0 Å². The van der Waals surface area contributed by atoms with Gasteiger partial charge in [-0.15, -0.1) is 12.4 Å². The summed E-state index contributed by atoms with van der Waals surface area (Å²) in [6, 6.07) is 11.7. The summed E-state index contributed by atoms with van der Waals surface area (Å²) < 4.78 is 24.3. The van der Waals surface area contributed by atoms with Crippen molar-refractivity contribution in [3.05, 3.63) is 59.4 Å². The number of methoxy groups -OCH3 is 2. The molecule has 1 unspecified atom stereocenters. The van der Waals surface area contributed by atoms with Crippen LogP contribution in [0.1, 0.15) is 22.0 Å². The van der Waals surface area contributed by atoms with Gasteiger partial charge in [-0.3, -0.25) is 4.79 Å². The number of hydrogen-bond acceptors (Lipinski definition) is 4. The average molecular weight is 381 g/mol. The lowest BCUT2D eigenvalue weighted by Gasteiger charge is -2.37. The Hall–Kier alpha value is -2.31. The molecular weight excluding hydrogens is 359 g/mol. The molecule has 1 heterocycles. The molecule has 140 valence electrons.